The third-order valence-electron chi connectivity index (χ3n) is 3.96. The van der Waals surface area contributed by atoms with Crippen LogP contribution in [0.5, 0.6) is 0 Å². The smallest absolute Gasteiger partial charge is 0.239 e. The van der Waals surface area contributed by atoms with Gasteiger partial charge in [0.15, 0.2) is 0 Å². The van der Waals surface area contributed by atoms with E-state index < -0.39 is 0 Å². The van der Waals surface area contributed by atoms with Crippen molar-refractivity contribution in [3.8, 4) is 0 Å². The zero-order chi connectivity index (χ0) is 10.3. The minimum atomic E-state index is -0.224. The van der Waals surface area contributed by atoms with E-state index in [1.807, 2.05) is 4.90 Å². The van der Waals surface area contributed by atoms with Gasteiger partial charge in [-0.25, -0.2) is 0 Å². The molecule has 2 rings (SSSR count). The van der Waals surface area contributed by atoms with Crippen LogP contribution in [-0.4, -0.2) is 29.9 Å². The van der Waals surface area contributed by atoms with Crippen LogP contribution in [0.25, 0.3) is 0 Å². The molecule has 1 saturated heterocycles. The van der Waals surface area contributed by atoms with Crippen molar-refractivity contribution in [2.75, 3.05) is 13.1 Å². The Labute approximate surface area is 85.6 Å². The van der Waals surface area contributed by atoms with Crippen LogP contribution in [0.4, 0.5) is 0 Å². The summed E-state index contributed by atoms with van der Waals surface area (Å²) in [6, 6.07) is -0.224. The molecule has 1 amide bonds. The van der Waals surface area contributed by atoms with E-state index in [1.165, 1.54) is 12.8 Å². The number of hydrogen-bond donors (Lipinski definition) is 1. The number of hydrogen-bond acceptors (Lipinski definition) is 2. The van der Waals surface area contributed by atoms with Gasteiger partial charge in [-0.15, -0.1) is 0 Å². The van der Waals surface area contributed by atoms with Gasteiger partial charge in [0.2, 0.25) is 5.91 Å². The highest BCUT2D eigenvalue weighted by Crippen LogP contribution is 2.52. The van der Waals surface area contributed by atoms with Gasteiger partial charge in [0.1, 0.15) is 0 Å². The molecule has 1 heterocycles. The highest BCUT2D eigenvalue weighted by Gasteiger charge is 2.48. The summed E-state index contributed by atoms with van der Waals surface area (Å²) in [7, 11) is 0. The van der Waals surface area contributed by atoms with Gasteiger partial charge in [-0.1, -0.05) is 13.8 Å². The van der Waals surface area contributed by atoms with Gasteiger partial charge in [0.25, 0.3) is 0 Å². The monoisotopic (exact) mass is 196 g/mol. The van der Waals surface area contributed by atoms with Gasteiger partial charge in [0, 0.05) is 13.1 Å². The lowest BCUT2D eigenvalue weighted by atomic mass is 9.92. The van der Waals surface area contributed by atoms with Crippen molar-refractivity contribution in [1.29, 1.82) is 0 Å². The Hall–Kier alpha value is -0.570. The van der Waals surface area contributed by atoms with Crippen LogP contribution < -0.4 is 5.73 Å². The Kier molecular flexibility index (Phi) is 2.30. The molecule has 80 valence electrons. The lowest BCUT2D eigenvalue weighted by Gasteiger charge is -2.26. The standard InChI is InChI=1S/C11H20N2O/c1-8(2)11(4-5-11)7-13-6-3-9(12)10(13)14/h8-9H,3-7,12H2,1-2H3. The second-order valence-corrected chi connectivity index (χ2v) is 5.17. The lowest BCUT2D eigenvalue weighted by Crippen LogP contribution is -2.38. The molecule has 1 saturated carbocycles. The Morgan fingerprint density at radius 3 is 2.57 bits per heavy atom. The fraction of sp³-hybridized carbons (Fsp3) is 0.909. The topological polar surface area (TPSA) is 46.3 Å². The van der Waals surface area contributed by atoms with Gasteiger partial charge in [0.05, 0.1) is 6.04 Å². The number of carbonyl (C=O) groups excluding carboxylic acids is 1. The summed E-state index contributed by atoms with van der Waals surface area (Å²) in [5.74, 6) is 0.851. The molecule has 1 aliphatic carbocycles. The predicted octanol–water partition coefficient (Wildman–Crippen LogP) is 0.982. The van der Waals surface area contributed by atoms with Crippen LogP contribution in [0.1, 0.15) is 33.1 Å². The van der Waals surface area contributed by atoms with Gasteiger partial charge >= 0.3 is 0 Å². The summed E-state index contributed by atoms with van der Waals surface area (Å²) in [5, 5.41) is 0. The highest BCUT2D eigenvalue weighted by molar-refractivity contribution is 5.83. The maximum absolute atomic E-state index is 11.6. The zero-order valence-corrected chi connectivity index (χ0v) is 9.12. The first-order valence-corrected chi connectivity index (χ1v) is 5.59. The Morgan fingerprint density at radius 1 is 1.57 bits per heavy atom. The van der Waals surface area contributed by atoms with E-state index in [4.69, 9.17) is 5.73 Å². The number of rotatable bonds is 3. The molecular formula is C11H20N2O. The van der Waals surface area contributed by atoms with Crippen molar-refractivity contribution in [1.82, 2.24) is 4.90 Å². The largest absolute Gasteiger partial charge is 0.341 e. The molecule has 0 aromatic carbocycles. The molecule has 2 N–H and O–H groups in total. The number of amides is 1. The van der Waals surface area contributed by atoms with Crippen molar-refractivity contribution >= 4 is 5.91 Å². The summed E-state index contributed by atoms with van der Waals surface area (Å²) >= 11 is 0. The van der Waals surface area contributed by atoms with Crippen molar-refractivity contribution in [3.05, 3.63) is 0 Å². The normalized spacial score (nSPS) is 30.1. The van der Waals surface area contributed by atoms with Gasteiger partial charge < -0.3 is 10.6 Å². The van der Waals surface area contributed by atoms with Crippen molar-refractivity contribution in [3.63, 3.8) is 0 Å². The first-order valence-electron chi connectivity index (χ1n) is 5.59. The summed E-state index contributed by atoms with van der Waals surface area (Å²) in [6.07, 6.45) is 3.40. The Balaban J connectivity index is 1.95. The first-order chi connectivity index (χ1) is 6.55. The fourth-order valence-corrected chi connectivity index (χ4v) is 2.38. The molecule has 0 aromatic rings. The first kappa shape index (κ1) is 9.97. The van der Waals surface area contributed by atoms with E-state index in [0.717, 1.165) is 19.5 Å². The van der Waals surface area contributed by atoms with E-state index in [2.05, 4.69) is 13.8 Å². The molecule has 0 aromatic heterocycles. The minimum Gasteiger partial charge on any atom is -0.341 e. The molecule has 2 fully saturated rings. The number of likely N-dealkylation sites (tertiary alicyclic amines) is 1. The predicted molar refractivity (Wildman–Crippen MR) is 55.7 cm³/mol. The van der Waals surface area contributed by atoms with Gasteiger partial charge in [-0.2, -0.15) is 0 Å². The minimum absolute atomic E-state index is 0.164. The number of nitrogens with two attached hydrogens (primary N) is 1. The average Bonchev–Trinajstić information content (AvgIpc) is 2.85. The molecule has 0 spiro atoms. The van der Waals surface area contributed by atoms with Crippen LogP contribution in [0.3, 0.4) is 0 Å². The van der Waals surface area contributed by atoms with E-state index in [-0.39, 0.29) is 11.9 Å². The third kappa shape index (κ3) is 1.54. The molecule has 1 aliphatic heterocycles. The van der Waals surface area contributed by atoms with Crippen LogP contribution >= 0.6 is 0 Å². The summed E-state index contributed by atoms with van der Waals surface area (Å²) in [5.41, 5.74) is 6.12. The lowest BCUT2D eigenvalue weighted by molar-refractivity contribution is -0.129. The van der Waals surface area contributed by atoms with E-state index in [9.17, 15) is 4.79 Å². The summed E-state index contributed by atoms with van der Waals surface area (Å²) < 4.78 is 0. The molecule has 1 unspecified atom stereocenters. The van der Waals surface area contributed by atoms with Crippen LogP contribution in [-0.2, 0) is 4.79 Å². The SMILES string of the molecule is CC(C)C1(CN2CCC(N)C2=O)CC1. The summed E-state index contributed by atoms with van der Waals surface area (Å²) in [4.78, 5) is 13.6. The third-order valence-corrected chi connectivity index (χ3v) is 3.96. The molecule has 3 heteroatoms. The number of nitrogens with zero attached hydrogens (tertiary/aromatic N) is 1. The second-order valence-electron chi connectivity index (χ2n) is 5.17. The molecule has 3 nitrogen and oxygen atoms in total. The molecule has 0 radical (unpaired) electrons. The molecular weight excluding hydrogens is 176 g/mol. The maximum atomic E-state index is 11.6. The Morgan fingerprint density at radius 2 is 2.21 bits per heavy atom. The fourth-order valence-electron chi connectivity index (χ4n) is 2.38. The van der Waals surface area contributed by atoms with Crippen LogP contribution in [0.15, 0.2) is 0 Å². The highest BCUT2D eigenvalue weighted by atomic mass is 16.2. The maximum Gasteiger partial charge on any atom is 0.239 e. The quantitative estimate of drug-likeness (QED) is 0.731. The van der Waals surface area contributed by atoms with Crippen LogP contribution in [0, 0.1) is 11.3 Å². The molecule has 1 atom stereocenters. The Bertz CT molecular complexity index is 246. The molecule has 2 aliphatic rings. The number of carbonyl (C=O) groups is 1. The van der Waals surface area contributed by atoms with Crippen molar-refractivity contribution < 1.29 is 4.79 Å². The van der Waals surface area contributed by atoms with E-state index in [0.29, 0.717) is 11.3 Å². The van der Waals surface area contributed by atoms with Gasteiger partial charge in [-0.05, 0) is 30.6 Å². The van der Waals surface area contributed by atoms with E-state index >= 15 is 0 Å². The average molecular weight is 196 g/mol. The molecule has 0 bridgehead atoms. The summed E-state index contributed by atoms with van der Waals surface area (Å²) in [6.45, 7) is 6.33. The van der Waals surface area contributed by atoms with Crippen molar-refractivity contribution in [2.24, 2.45) is 17.1 Å². The van der Waals surface area contributed by atoms with Crippen LogP contribution in [0.2, 0.25) is 0 Å². The van der Waals surface area contributed by atoms with E-state index in [1.54, 1.807) is 0 Å². The van der Waals surface area contributed by atoms with Crippen molar-refractivity contribution in [2.45, 2.75) is 39.2 Å². The zero-order valence-electron chi connectivity index (χ0n) is 9.12. The van der Waals surface area contributed by atoms with Gasteiger partial charge in [-0.3, -0.25) is 4.79 Å². The molecule has 14 heavy (non-hydrogen) atoms. The second kappa shape index (κ2) is 3.23.